The predicted octanol–water partition coefficient (Wildman–Crippen LogP) is 2.36. The maximum atomic E-state index is 4.93. The lowest BCUT2D eigenvalue weighted by atomic mass is 10.6. The molecule has 0 aliphatic carbocycles. The molecule has 12 heavy (non-hydrogen) atoms. The van der Waals surface area contributed by atoms with Crippen molar-refractivity contribution >= 4 is 16.5 Å². The minimum atomic E-state index is 0.652. The smallest absolute Gasteiger partial charge is 0.182 e. The number of nitrogens with zero attached hydrogens (tertiary/aromatic N) is 1. The second-order valence-corrected chi connectivity index (χ2v) is 2.93. The minimum Gasteiger partial charge on any atom is -0.379 e. The van der Waals surface area contributed by atoms with Crippen LogP contribution in [0.1, 0.15) is 18.7 Å². The van der Waals surface area contributed by atoms with Gasteiger partial charge in [0.05, 0.1) is 11.5 Å². The molecular formula is C8H16N2OS. The Morgan fingerprint density at radius 1 is 1.58 bits per heavy atom. The lowest BCUT2D eigenvalue weighted by Gasteiger charge is -1.90. The first-order valence-corrected chi connectivity index (χ1v) is 4.80. The molecule has 3 nitrogen and oxygen atoms in total. The van der Waals surface area contributed by atoms with Gasteiger partial charge in [0.2, 0.25) is 0 Å². The highest BCUT2D eigenvalue weighted by molar-refractivity contribution is 7.15. The number of thiazole rings is 1. The summed E-state index contributed by atoms with van der Waals surface area (Å²) in [6, 6.07) is 0. The zero-order chi connectivity index (χ0) is 9.40. The van der Waals surface area contributed by atoms with Gasteiger partial charge in [0.15, 0.2) is 5.13 Å². The van der Waals surface area contributed by atoms with E-state index in [9.17, 15) is 0 Å². The summed E-state index contributed by atoms with van der Waals surface area (Å²) in [7, 11) is 3.54. The van der Waals surface area contributed by atoms with Crippen molar-refractivity contribution in [1.29, 1.82) is 0 Å². The van der Waals surface area contributed by atoms with E-state index in [4.69, 9.17) is 4.74 Å². The Bertz CT molecular complexity index is 201. The molecule has 1 N–H and O–H groups in total. The number of nitrogens with one attached hydrogen (secondary N) is 1. The van der Waals surface area contributed by atoms with E-state index in [0.717, 1.165) is 10.0 Å². The fraction of sp³-hybridized carbons (Fsp3) is 0.625. The summed E-state index contributed by atoms with van der Waals surface area (Å²) < 4.78 is 4.93. The summed E-state index contributed by atoms with van der Waals surface area (Å²) in [6.45, 7) is 4.65. The molecule has 1 rings (SSSR count). The van der Waals surface area contributed by atoms with Crippen LogP contribution in [-0.2, 0) is 11.3 Å². The average Bonchev–Trinajstić information content (AvgIpc) is 2.57. The van der Waals surface area contributed by atoms with Crippen LogP contribution in [-0.4, -0.2) is 19.1 Å². The minimum absolute atomic E-state index is 0.652. The van der Waals surface area contributed by atoms with E-state index < -0.39 is 0 Å². The normalized spacial score (nSPS) is 8.67. The number of anilines is 1. The molecule has 1 aromatic heterocycles. The number of ether oxygens (including phenoxy) is 1. The Kier molecular flexibility index (Phi) is 6.70. The molecule has 4 heteroatoms. The summed E-state index contributed by atoms with van der Waals surface area (Å²) in [5.41, 5.74) is 0. The van der Waals surface area contributed by atoms with Gasteiger partial charge in [-0.1, -0.05) is 25.2 Å². The topological polar surface area (TPSA) is 34.2 Å². The molecular weight excluding hydrogens is 172 g/mol. The van der Waals surface area contributed by atoms with Crippen molar-refractivity contribution in [1.82, 2.24) is 4.98 Å². The molecule has 0 aliphatic rings. The van der Waals surface area contributed by atoms with Gasteiger partial charge in [-0.05, 0) is 0 Å². The molecule has 0 saturated carbocycles. The highest BCUT2D eigenvalue weighted by Crippen LogP contribution is 2.17. The first-order chi connectivity index (χ1) is 5.86. The van der Waals surface area contributed by atoms with Crippen molar-refractivity contribution in [3.05, 3.63) is 11.1 Å². The second kappa shape index (κ2) is 7.06. The number of hydrogen-bond donors (Lipinski definition) is 1. The average molecular weight is 188 g/mol. The van der Waals surface area contributed by atoms with Crippen LogP contribution in [0.5, 0.6) is 0 Å². The van der Waals surface area contributed by atoms with E-state index in [1.807, 2.05) is 27.1 Å². The second-order valence-electron chi connectivity index (χ2n) is 1.81. The predicted molar refractivity (Wildman–Crippen MR) is 53.7 cm³/mol. The SMILES string of the molecule is CC.CNc1ncc(COC)s1. The summed E-state index contributed by atoms with van der Waals surface area (Å²) in [4.78, 5) is 5.23. The molecule has 0 bridgehead atoms. The quantitative estimate of drug-likeness (QED) is 0.790. The van der Waals surface area contributed by atoms with Gasteiger partial charge in [0.1, 0.15) is 0 Å². The molecule has 0 amide bonds. The summed E-state index contributed by atoms with van der Waals surface area (Å²) in [5.74, 6) is 0. The van der Waals surface area contributed by atoms with E-state index in [-0.39, 0.29) is 0 Å². The summed E-state index contributed by atoms with van der Waals surface area (Å²) >= 11 is 1.61. The molecule has 0 unspecified atom stereocenters. The van der Waals surface area contributed by atoms with Crippen LogP contribution in [0, 0.1) is 0 Å². The third kappa shape index (κ3) is 3.69. The third-order valence-corrected chi connectivity index (χ3v) is 2.04. The standard InChI is InChI=1S/C6H10N2OS.C2H6/c1-7-6-8-3-5(10-6)4-9-2;1-2/h3H,4H2,1-2H3,(H,7,8);1-2H3. The number of hydrogen-bond acceptors (Lipinski definition) is 4. The van der Waals surface area contributed by atoms with Crippen LogP contribution in [0.25, 0.3) is 0 Å². The zero-order valence-corrected chi connectivity index (χ0v) is 8.86. The summed E-state index contributed by atoms with van der Waals surface area (Å²) in [6.07, 6.45) is 1.82. The molecule has 0 fully saturated rings. The van der Waals surface area contributed by atoms with Gasteiger partial charge >= 0.3 is 0 Å². The van der Waals surface area contributed by atoms with Gasteiger partial charge < -0.3 is 10.1 Å². The van der Waals surface area contributed by atoms with Crippen LogP contribution in [0.2, 0.25) is 0 Å². The van der Waals surface area contributed by atoms with Gasteiger partial charge in [0.25, 0.3) is 0 Å². The van der Waals surface area contributed by atoms with Gasteiger partial charge in [-0.25, -0.2) is 4.98 Å². The van der Waals surface area contributed by atoms with Gasteiger partial charge in [0, 0.05) is 20.4 Å². The van der Waals surface area contributed by atoms with Crippen molar-refractivity contribution in [2.75, 3.05) is 19.5 Å². The van der Waals surface area contributed by atoms with Crippen LogP contribution in [0.3, 0.4) is 0 Å². The molecule has 0 aromatic carbocycles. The first kappa shape index (κ1) is 11.4. The monoisotopic (exact) mass is 188 g/mol. The van der Waals surface area contributed by atoms with Crippen molar-refractivity contribution in [2.24, 2.45) is 0 Å². The molecule has 70 valence electrons. The maximum Gasteiger partial charge on any atom is 0.182 e. The molecule has 1 aromatic rings. The fourth-order valence-electron chi connectivity index (χ4n) is 0.632. The lowest BCUT2D eigenvalue weighted by Crippen LogP contribution is -1.83. The van der Waals surface area contributed by atoms with Crippen molar-refractivity contribution in [3.8, 4) is 0 Å². The Balaban J connectivity index is 0.000000561. The van der Waals surface area contributed by atoms with Crippen molar-refractivity contribution in [3.63, 3.8) is 0 Å². The number of rotatable bonds is 3. The van der Waals surface area contributed by atoms with Crippen molar-refractivity contribution < 1.29 is 4.74 Å². The number of methoxy groups -OCH3 is 1. The van der Waals surface area contributed by atoms with E-state index in [2.05, 4.69) is 10.3 Å². The fourth-order valence-corrected chi connectivity index (χ4v) is 1.37. The lowest BCUT2D eigenvalue weighted by molar-refractivity contribution is 0.187. The molecule has 0 radical (unpaired) electrons. The number of aromatic nitrogens is 1. The van der Waals surface area contributed by atoms with Gasteiger partial charge in [-0.15, -0.1) is 0 Å². The van der Waals surface area contributed by atoms with E-state index in [0.29, 0.717) is 6.61 Å². The molecule has 0 aliphatic heterocycles. The molecule has 0 saturated heterocycles. The van der Waals surface area contributed by atoms with Crippen LogP contribution in [0.15, 0.2) is 6.20 Å². The van der Waals surface area contributed by atoms with E-state index in [1.165, 1.54) is 0 Å². The van der Waals surface area contributed by atoms with Gasteiger partial charge in [-0.3, -0.25) is 0 Å². The first-order valence-electron chi connectivity index (χ1n) is 3.98. The largest absolute Gasteiger partial charge is 0.379 e. The maximum absolute atomic E-state index is 4.93. The Hall–Kier alpha value is -0.610. The molecule has 1 heterocycles. The Labute approximate surface area is 77.8 Å². The third-order valence-electron chi connectivity index (χ3n) is 1.05. The highest BCUT2D eigenvalue weighted by Gasteiger charge is 1.97. The zero-order valence-electron chi connectivity index (χ0n) is 8.05. The highest BCUT2D eigenvalue weighted by atomic mass is 32.1. The van der Waals surface area contributed by atoms with Crippen molar-refractivity contribution in [2.45, 2.75) is 20.5 Å². The van der Waals surface area contributed by atoms with Crippen LogP contribution >= 0.6 is 11.3 Å². The molecule has 0 spiro atoms. The van der Waals surface area contributed by atoms with E-state index >= 15 is 0 Å². The van der Waals surface area contributed by atoms with E-state index in [1.54, 1.807) is 18.4 Å². The van der Waals surface area contributed by atoms with Gasteiger partial charge in [-0.2, -0.15) is 0 Å². The Morgan fingerprint density at radius 3 is 2.67 bits per heavy atom. The van der Waals surface area contributed by atoms with Crippen LogP contribution in [0.4, 0.5) is 5.13 Å². The Morgan fingerprint density at radius 2 is 2.25 bits per heavy atom. The van der Waals surface area contributed by atoms with Crippen LogP contribution < -0.4 is 5.32 Å². The molecule has 0 atom stereocenters. The summed E-state index contributed by atoms with van der Waals surface area (Å²) in [5, 5.41) is 3.89.